The van der Waals surface area contributed by atoms with E-state index in [0.717, 1.165) is 18.6 Å². The molecule has 1 aromatic carbocycles. The molecule has 0 bridgehead atoms. The molecule has 2 amide bonds. The number of hydrogen-bond acceptors (Lipinski definition) is 5. The van der Waals surface area contributed by atoms with Crippen molar-refractivity contribution in [3.63, 3.8) is 0 Å². The van der Waals surface area contributed by atoms with Crippen LogP contribution in [0.4, 0.5) is 0 Å². The molecule has 1 aliphatic rings. The molecule has 28 heavy (non-hydrogen) atoms. The van der Waals surface area contributed by atoms with Gasteiger partial charge in [-0.05, 0) is 42.7 Å². The monoisotopic (exact) mass is 386 g/mol. The van der Waals surface area contributed by atoms with Crippen LogP contribution >= 0.6 is 0 Å². The third kappa shape index (κ3) is 4.92. The van der Waals surface area contributed by atoms with Crippen molar-refractivity contribution in [1.82, 2.24) is 10.6 Å². The van der Waals surface area contributed by atoms with E-state index < -0.39 is 0 Å². The zero-order valence-electron chi connectivity index (χ0n) is 16.0. The smallest absolute Gasteiger partial charge is 0.286 e. The number of carbonyl (C=O) groups excluding carboxylic acids is 2. The minimum atomic E-state index is -0.322. The highest BCUT2D eigenvalue weighted by Gasteiger charge is 2.34. The van der Waals surface area contributed by atoms with E-state index in [4.69, 9.17) is 13.9 Å². The molecule has 2 heterocycles. The van der Waals surface area contributed by atoms with Crippen LogP contribution in [0.5, 0.6) is 5.75 Å². The second-order valence-corrected chi connectivity index (χ2v) is 6.88. The highest BCUT2D eigenvalue weighted by atomic mass is 16.5. The number of ether oxygens (including phenoxy) is 2. The lowest BCUT2D eigenvalue weighted by Gasteiger charge is -2.38. The molecule has 1 saturated heterocycles. The fourth-order valence-electron chi connectivity index (χ4n) is 3.41. The quantitative estimate of drug-likeness (QED) is 0.726. The van der Waals surface area contributed by atoms with E-state index in [-0.39, 0.29) is 36.0 Å². The maximum absolute atomic E-state index is 12.3. The predicted octanol–water partition coefficient (Wildman–Crippen LogP) is 2.27. The number of nitrogens with one attached hydrogen (secondary N) is 2. The van der Waals surface area contributed by atoms with Gasteiger partial charge in [0.15, 0.2) is 5.76 Å². The summed E-state index contributed by atoms with van der Waals surface area (Å²) in [4.78, 5) is 24.1. The molecule has 7 heteroatoms. The summed E-state index contributed by atoms with van der Waals surface area (Å²) < 4.78 is 15.8. The first-order chi connectivity index (χ1) is 13.6. The van der Waals surface area contributed by atoms with Gasteiger partial charge in [0, 0.05) is 38.1 Å². The first-order valence-corrected chi connectivity index (χ1v) is 9.44. The molecule has 0 atom stereocenters. The largest absolute Gasteiger partial charge is 0.497 e. The van der Waals surface area contributed by atoms with Crippen molar-refractivity contribution >= 4 is 11.8 Å². The molecule has 7 nitrogen and oxygen atoms in total. The van der Waals surface area contributed by atoms with E-state index in [1.807, 2.05) is 12.1 Å². The van der Waals surface area contributed by atoms with Crippen molar-refractivity contribution in [3.05, 3.63) is 54.0 Å². The van der Waals surface area contributed by atoms with Crippen molar-refractivity contribution in [2.75, 3.05) is 33.4 Å². The van der Waals surface area contributed by atoms with Crippen LogP contribution in [0.25, 0.3) is 0 Å². The summed E-state index contributed by atoms with van der Waals surface area (Å²) in [6, 6.07) is 11.2. The Kier molecular flexibility index (Phi) is 6.71. The van der Waals surface area contributed by atoms with Gasteiger partial charge in [0.1, 0.15) is 5.75 Å². The van der Waals surface area contributed by atoms with Crippen molar-refractivity contribution in [2.24, 2.45) is 0 Å². The van der Waals surface area contributed by atoms with Gasteiger partial charge in [0.05, 0.1) is 13.4 Å². The summed E-state index contributed by atoms with van der Waals surface area (Å²) in [5.74, 6) is 0.624. The first-order valence-electron chi connectivity index (χ1n) is 9.44. The molecule has 1 aromatic heterocycles. The lowest BCUT2D eigenvalue weighted by Crippen LogP contribution is -2.45. The third-order valence-corrected chi connectivity index (χ3v) is 5.16. The van der Waals surface area contributed by atoms with E-state index in [1.54, 1.807) is 19.2 Å². The molecular formula is C21H26N2O5. The Morgan fingerprint density at radius 3 is 2.50 bits per heavy atom. The van der Waals surface area contributed by atoms with Gasteiger partial charge in [-0.3, -0.25) is 9.59 Å². The molecule has 1 aliphatic heterocycles. The molecule has 1 fully saturated rings. The molecule has 3 rings (SSSR count). The van der Waals surface area contributed by atoms with Crippen LogP contribution in [0.1, 0.15) is 35.4 Å². The molecule has 0 saturated carbocycles. The van der Waals surface area contributed by atoms with E-state index in [2.05, 4.69) is 22.8 Å². The third-order valence-electron chi connectivity index (χ3n) is 5.16. The van der Waals surface area contributed by atoms with Gasteiger partial charge >= 0.3 is 0 Å². The molecule has 150 valence electrons. The molecule has 0 radical (unpaired) electrons. The average Bonchev–Trinajstić information content (AvgIpc) is 3.28. The van der Waals surface area contributed by atoms with Crippen LogP contribution < -0.4 is 15.4 Å². The van der Waals surface area contributed by atoms with Crippen LogP contribution in [0.3, 0.4) is 0 Å². The Hall–Kier alpha value is -2.80. The minimum Gasteiger partial charge on any atom is -0.497 e. The zero-order chi connectivity index (χ0) is 19.8. The molecular weight excluding hydrogens is 360 g/mol. The fraction of sp³-hybridized carbons (Fsp3) is 0.429. The summed E-state index contributed by atoms with van der Waals surface area (Å²) >= 11 is 0. The minimum absolute atomic E-state index is 0.0980. The standard InChI is InChI=1S/C21H26N2O5/c1-26-17-6-4-16(5-7-17)21(9-13-27-14-10-21)15-23-19(24)8-11-22-20(25)18-3-2-12-28-18/h2-7,12H,8-11,13-15H2,1H3,(H,22,25)(H,23,24). The number of methoxy groups -OCH3 is 1. The highest BCUT2D eigenvalue weighted by molar-refractivity contribution is 5.91. The number of furan rings is 1. The summed E-state index contributed by atoms with van der Waals surface area (Å²) in [5, 5.41) is 5.71. The Morgan fingerprint density at radius 2 is 1.86 bits per heavy atom. The summed E-state index contributed by atoms with van der Waals surface area (Å²) in [7, 11) is 1.64. The normalized spacial score (nSPS) is 15.6. The van der Waals surface area contributed by atoms with E-state index in [0.29, 0.717) is 19.8 Å². The van der Waals surface area contributed by atoms with Gasteiger partial charge in [0.2, 0.25) is 5.91 Å². The van der Waals surface area contributed by atoms with Gasteiger partial charge in [-0.1, -0.05) is 12.1 Å². The second-order valence-electron chi connectivity index (χ2n) is 6.88. The Balaban J connectivity index is 1.53. The number of benzene rings is 1. The van der Waals surface area contributed by atoms with Crippen LogP contribution in [0.2, 0.25) is 0 Å². The van der Waals surface area contributed by atoms with Gasteiger partial charge in [0.25, 0.3) is 5.91 Å². The summed E-state index contributed by atoms with van der Waals surface area (Å²) in [6.45, 7) is 2.12. The molecule has 2 N–H and O–H groups in total. The maximum atomic E-state index is 12.3. The molecule has 0 aliphatic carbocycles. The van der Waals surface area contributed by atoms with Gasteiger partial charge in [-0.2, -0.15) is 0 Å². The highest BCUT2D eigenvalue weighted by Crippen LogP contribution is 2.35. The lowest BCUT2D eigenvalue weighted by atomic mass is 9.74. The predicted molar refractivity (Wildman–Crippen MR) is 103 cm³/mol. The van der Waals surface area contributed by atoms with E-state index in [9.17, 15) is 9.59 Å². The van der Waals surface area contributed by atoms with E-state index >= 15 is 0 Å². The Bertz CT molecular complexity index is 765. The maximum Gasteiger partial charge on any atom is 0.286 e. The average molecular weight is 386 g/mol. The van der Waals surface area contributed by atoms with Crippen molar-refractivity contribution in [3.8, 4) is 5.75 Å². The fourth-order valence-corrected chi connectivity index (χ4v) is 3.41. The van der Waals surface area contributed by atoms with Crippen LogP contribution in [0, 0.1) is 0 Å². The SMILES string of the molecule is COc1ccc(C2(CNC(=O)CCNC(=O)c3ccco3)CCOCC2)cc1. The van der Waals surface area contributed by atoms with Crippen molar-refractivity contribution in [1.29, 1.82) is 0 Å². The van der Waals surface area contributed by atoms with Crippen LogP contribution in [-0.2, 0) is 14.9 Å². The van der Waals surface area contributed by atoms with Gasteiger partial charge in [-0.25, -0.2) is 0 Å². The lowest BCUT2D eigenvalue weighted by molar-refractivity contribution is -0.121. The zero-order valence-corrected chi connectivity index (χ0v) is 16.0. The van der Waals surface area contributed by atoms with Crippen molar-refractivity contribution < 1.29 is 23.5 Å². The summed E-state index contributed by atoms with van der Waals surface area (Å²) in [6.07, 6.45) is 3.33. The van der Waals surface area contributed by atoms with Crippen LogP contribution in [-0.4, -0.2) is 45.2 Å². The van der Waals surface area contributed by atoms with E-state index in [1.165, 1.54) is 11.8 Å². The molecule has 0 unspecified atom stereocenters. The second kappa shape index (κ2) is 9.41. The summed E-state index contributed by atoms with van der Waals surface area (Å²) in [5.41, 5.74) is 1.01. The Labute approximate surface area is 164 Å². The first kappa shape index (κ1) is 19.9. The number of hydrogen-bond donors (Lipinski definition) is 2. The topological polar surface area (TPSA) is 89.8 Å². The number of carbonyl (C=O) groups is 2. The molecule has 2 aromatic rings. The Morgan fingerprint density at radius 1 is 1.11 bits per heavy atom. The number of amides is 2. The number of rotatable bonds is 8. The van der Waals surface area contributed by atoms with Gasteiger partial charge < -0.3 is 24.5 Å². The van der Waals surface area contributed by atoms with Crippen molar-refractivity contribution in [2.45, 2.75) is 24.7 Å². The van der Waals surface area contributed by atoms with Gasteiger partial charge in [-0.15, -0.1) is 0 Å². The molecule has 0 spiro atoms. The van der Waals surface area contributed by atoms with Crippen LogP contribution in [0.15, 0.2) is 47.1 Å².